The minimum Gasteiger partial charge on any atom is -0.491 e. The fraction of sp³-hybridized carbons (Fsp3) is 0.533. The van der Waals surface area contributed by atoms with Crippen LogP contribution in [-0.4, -0.2) is 53.6 Å². The van der Waals surface area contributed by atoms with Gasteiger partial charge in [-0.15, -0.1) is 0 Å². The molecular weight excluding hydrogens is 256 g/mol. The van der Waals surface area contributed by atoms with Gasteiger partial charge in [-0.3, -0.25) is 0 Å². The van der Waals surface area contributed by atoms with Crippen molar-refractivity contribution in [1.29, 1.82) is 5.26 Å². The third-order valence-corrected chi connectivity index (χ3v) is 2.61. The normalized spacial score (nSPS) is 13.1. The molecule has 0 aromatic heterocycles. The van der Waals surface area contributed by atoms with Crippen molar-refractivity contribution in [3.8, 4) is 11.8 Å². The predicted octanol–water partition coefficient (Wildman–Crippen LogP) is 1.00. The Morgan fingerprint density at radius 1 is 1.35 bits per heavy atom. The maximum absolute atomic E-state index is 9.88. The highest BCUT2D eigenvalue weighted by molar-refractivity contribution is 5.34. The van der Waals surface area contributed by atoms with Crippen molar-refractivity contribution in [2.45, 2.75) is 25.6 Å². The number of nitrogens with zero attached hydrogens (tertiary/aromatic N) is 2. The third-order valence-electron chi connectivity index (χ3n) is 2.61. The van der Waals surface area contributed by atoms with Crippen molar-refractivity contribution < 1.29 is 14.9 Å². The molecule has 0 bridgehead atoms. The fourth-order valence-corrected chi connectivity index (χ4v) is 1.96. The van der Waals surface area contributed by atoms with Crippen LogP contribution in [-0.2, 0) is 0 Å². The first-order chi connectivity index (χ1) is 9.30. The van der Waals surface area contributed by atoms with E-state index in [4.69, 9.17) is 10.00 Å². The smallest absolute Gasteiger partial charge is 0.119 e. The lowest BCUT2D eigenvalue weighted by molar-refractivity contribution is 0.0194. The Hall–Kier alpha value is -1.61. The van der Waals surface area contributed by atoms with Gasteiger partial charge in [0.1, 0.15) is 18.5 Å². The first-order valence-corrected chi connectivity index (χ1v) is 6.52. The Bertz CT molecular complexity index is 446. The summed E-state index contributed by atoms with van der Waals surface area (Å²) in [7, 11) is 1.84. The highest BCUT2D eigenvalue weighted by Gasteiger charge is 2.17. The van der Waals surface area contributed by atoms with E-state index in [1.807, 2.05) is 18.0 Å². The number of aliphatic hydroxyl groups is 2. The van der Waals surface area contributed by atoms with Crippen molar-refractivity contribution in [2.24, 2.45) is 0 Å². The van der Waals surface area contributed by atoms with Crippen molar-refractivity contribution in [2.75, 3.05) is 26.7 Å². The maximum Gasteiger partial charge on any atom is 0.119 e. The van der Waals surface area contributed by atoms with Gasteiger partial charge >= 0.3 is 0 Å². The first kappa shape index (κ1) is 16.4. The van der Waals surface area contributed by atoms with E-state index in [0.717, 1.165) is 0 Å². The molecule has 1 atom stereocenters. The molecule has 1 aromatic carbocycles. The topological polar surface area (TPSA) is 76.7 Å². The second kappa shape index (κ2) is 7.25. The Labute approximate surface area is 120 Å². The average Bonchev–Trinajstić information content (AvgIpc) is 2.34. The Morgan fingerprint density at radius 2 is 1.95 bits per heavy atom. The summed E-state index contributed by atoms with van der Waals surface area (Å²) in [6, 6.07) is 8.77. The lowest BCUT2D eigenvalue weighted by atomic mass is 10.1. The fourth-order valence-electron chi connectivity index (χ4n) is 1.96. The van der Waals surface area contributed by atoms with Crippen molar-refractivity contribution in [3.63, 3.8) is 0 Å². The van der Waals surface area contributed by atoms with Crippen molar-refractivity contribution in [1.82, 2.24) is 4.90 Å². The molecule has 0 saturated carbocycles. The third kappa shape index (κ3) is 6.53. The van der Waals surface area contributed by atoms with Gasteiger partial charge in [-0.1, -0.05) is 0 Å². The molecule has 5 heteroatoms. The molecule has 1 aromatic rings. The summed E-state index contributed by atoms with van der Waals surface area (Å²) in [5.41, 5.74) is -0.217. The molecule has 20 heavy (non-hydrogen) atoms. The van der Waals surface area contributed by atoms with E-state index >= 15 is 0 Å². The molecule has 0 aliphatic rings. The lowest BCUT2D eigenvalue weighted by Crippen LogP contribution is -2.41. The summed E-state index contributed by atoms with van der Waals surface area (Å²) in [6.07, 6.45) is -0.641. The maximum atomic E-state index is 9.88. The van der Waals surface area contributed by atoms with E-state index in [9.17, 15) is 10.2 Å². The first-order valence-electron chi connectivity index (χ1n) is 6.52. The summed E-state index contributed by atoms with van der Waals surface area (Å²) in [4.78, 5) is 1.85. The van der Waals surface area contributed by atoms with E-state index in [2.05, 4.69) is 0 Å². The highest BCUT2D eigenvalue weighted by atomic mass is 16.5. The standard InChI is InChI=1S/C15H22N2O3/c1-15(2,19)11-17(3)9-13(18)10-20-14-6-4-12(8-16)5-7-14/h4-7,13,18-19H,9-11H2,1-3H3. The van der Waals surface area contributed by atoms with Crippen molar-refractivity contribution >= 4 is 0 Å². The Morgan fingerprint density at radius 3 is 2.45 bits per heavy atom. The van der Waals surface area contributed by atoms with Crippen LogP contribution in [0.15, 0.2) is 24.3 Å². The monoisotopic (exact) mass is 278 g/mol. The molecule has 0 saturated heterocycles. The van der Waals surface area contributed by atoms with E-state index in [1.165, 1.54) is 0 Å². The molecule has 0 amide bonds. The van der Waals surface area contributed by atoms with Crippen LogP contribution < -0.4 is 4.74 Å². The number of likely N-dealkylation sites (N-methyl/N-ethyl adjacent to an activating group) is 1. The van der Waals surface area contributed by atoms with Gasteiger partial charge in [-0.25, -0.2) is 0 Å². The van der Waals surface area contributed by atoms with Gasteiger partial charge in [0.05, 0.1) is 17.2 Å². The van der Waals surface area contributed by atoms with E-state index < -0.39 is 11.7 Å². The van der Waals surface area contributed by atoms with Crippen molar-refractivity contribution in [3.05, 3.63) is 29.8 Å². The number of hydrogen-bond acceptors (Lipinski definition) is 5. The number of hydrogen-bond donors (Lipinski definition) is 2. The quantitative estimate of drug-likeness (QED) is 0.778. The second-order valence-electron chi connectivity index (χ2n) is 5.61. The van der Waals surface area contributed by atoms with Crippen LogP contribution in [0.1, 0.15) is 19.4 Å². The number of ether oxygens (including phenoxy) is 1. The number of nitriles is 1. The molecule has 1 unspecified atom stereocenters. The SMILES string of the molecule is CN(CC(O)COc1ccc(C#N)cc1)CC(C)(C)O. The van der Waals surface area contributed by atoms with E-state index in [-0.39, 0.29) is 6.61 Å². The predicted molar refractivity (Wildman–Crippen MR) is 76.5 cm³/mol. The molecule has 110 valence electrons. The molecule has 0 aliphatic heterocycles. The van der Waals surface area contributed by atoms with E-state index in [0.29, 0.717) is 24.4 Å². The van der Waals surface area contributed by atoms with Crippen LogP contribution in [0.2, 0.25) is 0 Å². The molecule has 2 N–H and O–H groups in total. The number of rotatable bonds is 7. The van der Waals surface area contributed by atoms with Gasteiger partial charge < -0.3 is 19.8 Å². The van der Waals surface area contributed by atoms with Crippen LogP contribution in [0.4, 0.5) is 0 Å². The summed E-state index contributed by atoms with van der Waals surface area (Å²) in [6.45, 7) is 4.51. The lowest BCUT2D eigenvalue weighted by Gasteiger charge is -2.27. The minimum atomic E-state index is -0.789. The molecule has 5 nitrogen and oxygen atoms in total. The summed E-state index contributed by atoms with van der Waals surface area (Å²) in [5.74, 6) is 0.619. The molecule has 1 rings (SSSR count). The molecule has 0 fully saturated rings. The Balaban J connectivity index is 2.35. The zero-order valence-corrected chi connectivity index (χ0v) is 12.2. The van der Waals surface area contributed by atoms with Crippen LogP contribution in [0, 0.1) is 11.3 Å². The van der Waals surface area contributed by atoms with Gasteiger partial charge in [0.15, 0.2) is 0 Å². The number of aliphatic hydroxyl groups excluding tert-OH is 1. The molecule has 0 heterocycles. The van der Waals surface area contributed by atoms with Gasteiger partial charge in [-0.05, 0) is 45.2 Å². The van der Waals surface area contributed by atoms with E-state index in [1.54, 1.807) is 38.1 Å². The van der Waals surface area contributed by atoms with Gasteiger partial charge in [-0.2, -0.15) is 5.26 Å². The van der Waals surface area contributed by atoms with Gasteiger partial charge in [0, 0.05) is 13.1 Å². The van der Waals surface area contributed by atoms with Crippen LogP contribution in [0.25, 0.3) is 0 Å². The summed E-state index contributed by atoms with van der Waals surface area (Å²) < 4.78 is 5.45. The van der Waals surface area contributed by atoms with Gasteiger partial charge in [0.25, 0.3) is 0 Å². The van der Waals surface area contributed by atoms with Gasteiger partial charge in [0.2, 0.25) is 0 Å². The summed E-state index contributed by atoms with van der Waals surface area (Å²) >= 11 is 0. The molecule has 0 spiro atoms. The Kier molecular flexibility index (Phi) is 5.96. The van der Waals surface area contributed by atoms with Crippen LogP contribution in [0.5, 0.6) is 5.75 Å². The van der Waals surface area contributed by atoms with Crippen LogP contribution >= 0.6 is 0 Å². The second-order valence-corrected chi connectivity index (χ2v) is 5.61. The largest absolute Gasteiger partial charge is 0.491 e. The summed E-state index contributed by atoms with van der Waals surface area (Å²) in [5, 5.41) is 28.2. The molecule has 0 aliphatic carbocycles. The zero-order chi connectivity index (χ0) is 15.2. The zero-order valence-electron chi connectivity index (χ0n) is 12.2. The molecular formula is C15H22N2O3. The van der Waals surface area contributed by atoms with Crippen LogP contribution in [0.3, 0.4) is 0 Å². The average molecular weight is 278 g/mol. The molecule has 0 radical (unpaired) electrons. The number of benzene rings is 1. The highest BCUT2D eigenvalue weighted by Crippen LogP contribution is 2.12. The minimum absolute atomic E-state index is 0.169.